The van der Waals surface area contributed by atoms with Gasteiger partial charge in [-0.15, -0.1) is 11.3 Å². The van der Waals surface area contributed by atoms with Crippen LogP contribution in [-0.2, 0) is 16.0 Å². The second kappa shape index (κ2) is 8.53. The largest absolute Gasteiger partial charge is 0.451 e. The molecule has 1 heterocycles. The van der Waals surface area contributed by atoms with Crippen molar-refractivity contribution in [2.75, 3.05) is 6.61 Å². The summed E-state index contributed by atoms with van der Waals surface area (Å²) in [5.74, 6) is -1.33. The van der Waals surface area contributed by atoms with Gasteiger partial charge in [0, 0.05) is 10.9 Å². The van der Waals surface area contributed by atoms with E-state index in [0.29, 0.717) is 10.6 Å². The summed E-state index contributed by atoms with van der Waals surface area (Å²) in [6.45, 7) is -0.360. The third-order valence-corrected chi connectivity index (χ3v) is 5.73. The minimum atomic E-state index is -0.659. The standard InChI is InChI=1S/C22H19FN2O3S/c23-16-10-8-15(9-11-16)21-25-19(13-29-21)22(27)28-12-20(26)24-18-7-3-5-14-4-1-2-6-17(14)18/h1-2,4,6,8-11,13,18H,3,5,7,12H2,(H,24,26)/t18-/m1/s1. The van der Waals surface area contributed by atoms with Crippen LogP contribution in [0.4, 0.5) is 4.39 Å². The first kappa shape index (κ1) is 19.3. The van der Waals surface area contributed by atoms with Gasteiger partial charge in [-0.2, -0.15) is 0 Å². The molecule has 0 bridgehead atoms. The minimum Gasteiger partial charge on any atom is -0.451 e. The second-order valence-corrected chi connectivity index (χ2v) is 7.69. The molecule has 148 valence electrons. The number of benzene rings is 2. The molecule has 0 saturated carbocycles. The quantitative estimate of drug-likeness (QED) is 0.637. The number of aryl methyl sites for hydroxylation is 1. The smallest absolute Gasteiger partial charge is 0.358 e. The third kappa shape index (κ3) is 4.51. The first-order chi connectivity index (χ1) is 14.1. The molecule has 0 fully saturated rings. The van der Waals surface area contributed by atoms with Gasteiger partial charge in [-0.05, 0) is 54.7 Å². The number of aromatic nitrogens is 1. The molecule has 1 N–H and O–H groups in total. The molecule has 3 aromatic rings. The molecule has 1 aliphatic carbocycles. The van der Waals surface area contributed by atoms with E-state index in [9.17, 15) is 14.0 Å². The van der Waals surface area contributed by atoms with E-state index in [-0.39, 0.29) is 30.1 Å². The summed E-state index contributed by atoms with van der Waals surface area (Å²) >= 11 is 1.26. The Kier molecular flexibility index (Phi) is 5.67. The number of carbonyl (C=O) groups excluding carboxylic acids is 2. The maximum Gasteiger partial charge on any atom is 0.358 e. The Morgan fingerprint density at radius 2 is 1.97 bits per heavy atom. The molecule has 1 amide bonds. The third-order valence-electron chi connectivity index (χ3n) is 4.84. The predicted octanol–water partition coefficient (Wildman–Crippen LogP) is 4.30. The Morgan fingerprint density at radius 3 is 2.79 bits per heavy atom. The van der Waals surface area contributed by atoms with Gasteiger partial charge >= 0.3 is 5.97 Å². The van der Waals surface area contributed by atoms with Crippen molar-refractivity contribution < 1.29 is 18.7 Å². The van der Waals surface area contributed by atoms with Gasteiger partial charge in [0.2, 0.25) is 0 Å². The molecule has 4 rings (SSSR count). The highest BCUT2D eigenvalue weighted by Crippen LogP contribution is 2.29. The van der Waals surface area contributed by atoms with E-state index >= 15 is 0 Å². The fourth-order valence-corrected chi connectivity index (χ4v) is 4.23. The fourth-order valence-electron chi connectivity index (χ4n) is 3.44. The highest BCUT2D eigenvalue weighted by atomic mass is 32.1. The van der Waals surface area contributed by atoms with Crippen molar-refractivity contribution in [3.05, 3.63) is 76.5 Å². The highest BCUT2D eigenvalue weighted by Gasteiger charge is 2.22. The number of halogens is 1. The summed E-state index contributed by atoms with van der Waals surface area (Å²) in [4.78, 5) is 28.7. The number of hydrogen-bond donors (Lipinski definition) is 1. The van der Waals surface area contributed by atoms with Crippen molar-refractivity contribution in [2.24, 2.45) is 0 Å². The van der Waals surface area contributed by atoms with Crippen LogP contribution in [0.5, 0.6) is 0 Å². The van der Waals surface area contributed by atoms with E-state index in [1.165, 1.54) is 29.0 Å². The van der Waals surface area contributed by atoms with Gasteiger partial charge in [0.1, 0.15) is 10.8 Å². The van der Waals surface area contributed by atoms with E-state index < -0.39 is 5.97 Å². The van der Waals surface area contributed by atoms with Crippen LogP contribution in [0, 0.1) is 5.82 Å². The fraction of sp³-hybridized carbons (Fsp3) is 0.227. The Hall–Kier alpha value is -3.06. The van der Waals surface area contributed by atoms with Crippen molar-refractivity contribution >= 4 is 23.2 Å². The van der Waals surface area contributed by atoms with Gasteiger partial charge in [-0.25, -0.2) is 14.2 Å². The lowest BCUT2D eigenvalue weighted by Crippen LogP contribution is -2.34. The van der Waals surface area contributed by atoms with E-state index in [4.69, 9.17) is 4.74 Å². The molecule has 29 heavy (non-hydrogen) atoms. The second-order valence-electron chi connectivity index (χ2n) is 6.83. The Labute approximate surface area is 171 Å². The molecular weight excluding hydrogens is 391 g/mol. The number of nitrogens with one attached hydrogen (secondary N) is 1. The highest BCUT2D eigenvalue weighted by molar-refractivity contribution is 7.13. The summed E-state index contributed by atoms with van der Waals surface area (Å²) in [5, 5.41) is 5.10. The monoisotopic (exact) mass is 410 g/mol. The number of rotatable bonds is 5. The van der Waals surface area contributed by atoms with Crippen LogP contribution >= 0.6 is 11.3 Å². The SMILES string of the molecule is O=C(COC(=O)c1csc(-c2ccc(F)cc2)n1)N[C@@H]1CCCc2ccccc21. The van der Waals surface area contributed by atoms with Crippen LogP contribution < -0.4 is 5.32 Å². The van der Waals surface area contributed by atoms with Crippen LogP contribution in [-0.4, -0.2) is 23.5 Å². The van der Waals surface area contributed by atoms with Gasteiger partial charge in [-0.3, -0.25) is 4.79 Å². The van der Waals surface area contributed by atoms with E-state index in [2.05, 4.69) is 16.4 Å². The number of nitrogens with zero attached hydrogens (tertiary/aromatic N) is 1. The number of amides is 1. The summed E-state index contributed by atoms with van der Waals surface area (Å²) in [6, 6.07) is 13.9. The molecule has 1 atom stereocenters. The van der Waals surface area contributed by atoms with Crippen LogP contribution in [0.2, 0.25) is 0 Å². The predicted molar refractivity (Wildman–Crippen MR) is 108 cm³/mol. The zero-order chi connectivity index (χ0) is 20.2. The molecule has 0 saturated heterocycles. The number of thiazole rings is 1. The van der Waals surface area contributed by atoms with Crippen LogP contribution in [0.15, 0.2) is 53.9 Å². The Morgan fingerprint density at radius 1 is 1.17 bits per heavy atom. The van der Waals surface area contributed by atoms with Crippen molar-refractivity contribution in [3.8, 4) is 10.6 Å². The normalized spacial score (nSPS) is 15.4. The van der Waals surface area contributed by atoms with Gasteiger partial charge in [0.05, 0.1) is 6.04 Å². The molecule has 0 radical (unpaired) electrons. The number of esters is 1. The van der Waals surface area contributed by atoms with E-state index in [1.807, 2.05) is 18.2 Å². The average molecular weight is 410 g/mol. The van der Waals surface area contributed by atoms with Crippen molar-refractivity contribution in [1.82, 2.24) is 10.3 Å². The molecule has 2 aromatic carbocycles. The van der Waals surface area contributed by atoms with Gasteiger partial charge < -0.3 is 10.1 Å². The molecule has 0 spiro atoms. The molecule has 1 aliphatic rings. The van der Waals surface area contributed by atoms with Crippen LogP contribution in [0.3, 0.4) is 0 Å². The molecular formula is C22H19FN2O3S. The molecule has 0 unspecified atom stereocenters. The molecule has 1 aromatic heterocycles. The zero-order valence-electron chi connectivity index (χ0n) is 15.6. The summed E-state index contributed by atoms with van der Waals surface area (Å²) in [7, 11) is 0. The topological polar surface area (TPSA) is 68.3 Å². The summed E-state index contributed by atoms with van der Waals surface area (Å²) in [6.07, 6.45) is 2.88. The van der Waals surface area contributed by atoms with Crippen LogP contribution in [0.1, 0.15) is 40.5 Å². The maximum absolute atomic E-state index is 13.0. The molecule has 0 aliphatic heterocycles. The minimum absolute atomic E-state index is 0.0597. The van der Waals surface area contributed by atoms with Crippen molar-refractivity contribution in [1.29, 1.82) is 0 Å². The Balaban J connectivity index is 1.33. The lowest BCUT2D eigenvalue weighted by molar-refractivity contribution is -0.125. The van der Waals surface area contributed by atoms with E-state index in [1.54, 1.807) is 17.5 Å². The number of ether oxygens (including phenoxy) is 1. The summed E-state index contributed by atoms with van der Waals surface area (Å²) in [5.41, 5.74) is 3.22. The maximum atomic E-state index is 13.0. The number of hydrogen-bond acceptors (Lipinski definition) is 5. The number of carbonyl (C=O) groups is 2. The van der Waals surface area contributed by atoms with Gasteiger partial charge in [-0.1, -0.05) is 24.3 Å². The first-order valence-corrected chi connectivity index (χ1v) is 10.2. The lowest BCUT2D eigenvalue weighted by atomic mass is 9.88. The zero-order valence-corrected chi connectivity index (χ0v) is 16.4. The van der Waals surface area contributed by atoms with Crippen molar-refractivity contribution in [3.63, 3.8) is 0 Å². The first-order valence-electron chi connectivity index (χ1n) is 9.36. The lowest BCUT2D eigenvalue weighted by Gasteiger charge is -2.26. The summed E-state index contributed by atoms with van der Waals surface area (Å²) < 4.78 is 18.2. The van der Waals surface area contributed by atoms with E-state index in [0.717, 1.165) is 24.8 Å². The van der Waals surface area contributed by atoms with Crippen molar-refractivity contribution in [2.45, 2.75) is 25.3 Å². The average Bonchev–Trinajstić information content (AvgIpc) is 3.23. The van der Waals surface area contributed by atoms with Gasteiger partial charge in [0.15, 0.2) is 12.3 Å². The molecule has 7 heteroatoms. The van der Waals surface area contributed by atoms with Crippen LogP contribution in [0.25, 0.3) is 10.6 Å². The molecule has 5 nitrogen and oxygen atoms in total. The Bertz CT molecular complexity index is 1030. The van der Waals surface area contributed by atoms with Gasteiger partial charge in [0.25, 0.3) is 5.91 Å². The number of fused-ring (bicyclic) bond motifs is 1.